The first-order chi connectivity index (χ1) is 9.72. The third-order valence-corrected chi connectivity index (χ3v) is 3.73. The molecule has 1 N–H and O–H groups in total. The molecule has 2 heterocycles. The van der Waals surface area contributed by atoms with Gasteiger partial charge in [0.25, 0.3) is 0 Å². The molecule has 0 amide bonds. The monoisotopic (exact) mass is 272 g/mol. The Morgan fingerprint density at radius 3 is 2.75 bits per heavy atom. The molecule has 0 saturated carbocycles. The van der Waals surface area contributed by atoms with Gasteiger partial charge in [-0.05, 0) is 44.5 Å². The Bertz CT molecular complexity index is 519. The van der Waals surface area contributed by atoms with Crippen LogP contribution in [0.3, 0.4) is 0 Å². The zero-order chi connectivity index (χ0) is 14.4. The summed E-state index contributed by atoms with van der Waals surface area (Å²) in [5.74, 6) is 0. The Morgan fingerprint density at radius 2 is 2.15 bits per heavy atom. The lowest BCUT2D eigenvalue weighted by Gasteiger charge is -2.15. The standard InChI is InChI=1S/C16H24N4/c1-4-13-11-16(20(3)19-13)12-15(17-2)9-8-14-7-5-6-10-18-14/h5-7,10-11,15,17H,4,8-9,12H2,1-3H3. The number of aromatic nitrogens is 3. The number of hydrogen-bond acceptors (Lipinski definition) is 3. The maximum Gasteiger partial charge on any atom is 0.0624 e. The molecule has 0 radical (unpaired) electrons. The Balaban J connectivity index is 1.93. The van der Waals surface area contributed by atoms with E-state index in [1.807, 2.05) is 37.1 Å². The molecule has 2 aromatic heterocycles. The van der Waals surface area contributed by atoms with Gasteiger partial charge in [0.2, 0.25) is 0 Å². The number of likely N-dealkylation sites (N-methyl/N-ethyl adjacent to an activating group) is 1. The summed E-state index contributed by atoms with van der Waals surface area (Å²) in [5.41, 5.74) is 3.62. The average molecular weight is 272 g/mol. The Morgan fingerprint density at radius 1 is 1.30 bits per heavy atom. The van der Waals surface area contributed by atoms with Crippen LogP contribution in [0.4, 0.5) is 0 Å². The molecule has 0 saturated heterocycles. The number of hydrogen-bond donors (Lipinski definition) is 1. The second-order valence-corrected chi connectivity index (χ2v) is 5.15. The van der Waals surface area contributed by atoms with E-state index in [1.165, 1.54) is 11.4 Å². The molecule has 0 spiro atoms. The van der Waals surface area contributed by atoms with Crippen molar-refractivity contribution in [3.8, 4) is 0 Å². The molecule has 4 nitrogen and oxygen atoms in total. The SMILES string of the molecule is CCc1cc(CC(CCc2ccccn2)NC)n(C)n1. The van der Waals surface area contributed by atoms with Crippen molar-refractivity contribution in [2.45, 2.75) is 38.6 Å². The molecule has 20 heavy (non-hydrogen) atoms. The fraction of sp³-hybridized carbons (Fsp3) is 0.500. The van der Waals surface area contributed by atoms with Crippen molar-refractivity contribution >= 4 is 0 Å². The molecule has 2 rings (SSSR count). The van der Waals surface area contributed by atoms with Gasteiger partial charge in [-0.25, -0.2) is 0 Å². The third-order valence-electron chi connectivity index (χ3n) is 3.73. The summed E-state index contributed by atoms with van der Waals surface area (Å²) in [4.78, 5) is 4.38. The maximum atomic E-state index is 4.51. The van der Waals surface area contributed by atoms with Crippen molar-refractivity contribution in [1.82, 2.24) is 20.1 Å². The number of nitrogens with one attached hydrogen (secondary N) is 1. The Kier molecular flexibility index (Phi) is 5.30. The predicted octanol–water partition coefficient (Wildman–Crippen LogP) is 2.14. The molecule has 1 atom stereocenters. The van der Waals surface area contributed by atoms with Gasteiger partial charge in [0, 0.05) is 37.1 Å². The molecule has 0 aliphatic heterocycles. The highest BCUT2D eigenvalue weighted by Crippen LogP contribution is 2.10. The van der Waals surface area contributed by atoms with Crippen molar-refractivity contribution < 1.29 is 0 Å². The summed E-state index contributed by atoms with van der Waals surface area (Å²) in [7, 11) is 4.06. The van der Waals surface area contributed by atoms with Crippen molar-refractivity contribution in [3.05, 3.63) is 47.5 Å². The van der Waals surface area contributed by atoms with E-state index in [0.717, 1.165) is 31.4 Å². The quantitative estimate of drug-likeness (QED) is 0.840. The highest BCUT2D eigenvalue weighted by Gasteiger charge is 2.12. The minimum absolute atomic E-state index is 0.456. The molecule has 0 bridgehead atoms. The minimum Gasteiger partial charge on any atom is -0.317 e. The second-order valence-electron chi connectivity index (χ2n) is 5.15. The highest BCUT2D eigenvalue weighted by atomic mass is 15.3. The van der Waals surface area contributed by atoms with E-state index in [9.17, 15) is 0 Å². The van der Waals surface area contributed by atoms with E-state index in [1.54, 1.807) is 0 Å². The number of pyridine rings is 1. The number of rotatable bonds is 7. The summed E-state index contributed by atoms with van der Waals surface area (Å²) in [6, 6.07) is 8.76. The van der Waals surface area contributed by atoms with Crippen LogP contribution in [0.2, 0.25) is 0 Å². The Hall–Kier alpha value is -1.68. The number of aryl methyl sites for hydroxylation is 3. The van der Waals surface area contributed by atoms with Gasteiger partial charge < -0.3 is 5.32 Å². The van der Waals surface area contributed by atoms with Crippen molar-refractivity contribution in [3.63, 3.8) is 0 Å². The van der Waals surface area contributed by atoms with Crippen molar-refractivity contribution in [1.29, 1.82) is 0 Å². The van der Waals surface area contributed by atoms with Crippen LogP contribution in [-0.2, 0) is 26.3 Å². The lowest BCUT2D eigenvalue weighted by molar-refractivity contribution is 0.500. The van der Waals surface area contributed by atoms with Gasteiger partial charge in [-0.15, -0.1) is 0 Å². The summed E-state index contributed by atoms with van der Waals surface area (Å²) < 4.78 is 2.00. The average Bonchev–Trinajstić information content (AvgIpc) is 2.84. The largest absolute Gasteiger partial charge is 0.317 e. The fourth-order valence-electron chi connectivity index (χ4n) is 2.40. The topological polar surface area (TPSA) is 42.7 Å². The molecule has 0 fully saturated rings. The zero-order valence-electron chi connectivity index (χ0n) is 12.6. The van der Waals surface area contributed by atoms with Crippen molar-refractivity contribution in [2.75, 3.05) is 7.05 Å². The molecular formula is C16H24N4. The van der Waals surface area contributed by atoms with E-state index in [2.05, 4.69) is 34.5 Å². The molecular weight excluding hydrogens is 248 g/mol. The molecule has 0 aromatic carbocycles. The van der Waals surface area contributed by atoms with Crippen molar-refractivity contribution in [2.24, 2.45) is 7.05 Å². The van der Waals surface area contributed by atoms with Gasteiger partial charge in [-0.1, -0.05) is 13.0 Å². The van der Waals surface area contributed by atoms with E-state index >= 15 is 0 Å². The summed E-state index contributed by atoms with van der Waals surface area (Å²) in [6.45, 7) is 2.14. The first-order valence-electron chi connectivity index (χ1n) is 7.32. The summed E-state index contributed by atoms with van der Waals surface area (Å²) in [5, 5.41) is 7.92. The fourth-order valence-corrected chi connectivity index (χ4v) is 2.40. The lowest BCUT2D eigenvalue weighted by atomic mass is 10.0. The van der Waals surface area contributed by atoms with E-state index in [0.29, 0.717) is 6.04 Å². The smallest absolute Gasteiger partial charge is 0.0624 e. The van der Waals surface area contributed by atoms with E-state index < -0.39 is 0 Å². The highest BCUT2D eigenvalue weighted by molar-refractivity contribution is 5.12. The van der Waals surface area contributed by atoms with Crippen LogP contribution < -0.4 is 5.32 Å². The van der Waals surface area contributed by atoms with Gasteiger partial charge in [0.05, 0.1) is 5.69 Å². The molecule has 0 aliphatic rings. The Labute approximate surface area is 121 Å². The van der Waals surface area contributed by atoms with Gasteiger partial charge >= 0.3 is 0 Å². The van der Waals surface area contributed by atoms with Crippen LogP contribution >= 0.6 is 0 Å². The molecule has 4 heteroatoms. The van der Waals surface area contributed by atoms with Crippen LogP contribution in [0.25, 0.3) is 0 Å². The van der Waals surface area contributed by atoms with Gasteiger partial charge in [0.15, 0.2) is 0 Å². The lowest BCUT2D eigenvalue weighted by Crippen LogP contribution is -2.29. The van der Waals surface area contributed by atoms with E-state index in [4.69, 9.17) is 0 Å². The zero-order valence-corrected chi connectivity index (χ0v) is 12.6. The number of nitrogens with zero attached hydrogens (tertiary/aromatic N) is 3. The molecule has 1 unspecified atom stereocenters. The van der Waals surface area contributed by atoms with Crippen LogP contribution in [-0.4, -0.2) is 27.9 Å². The first-order valence-corrected chi connectivity index (χ1v) is 7.32. The minimum atomic E-state index is 0.456. The molecule has 2 aromatic rings. The maximum absolute atomic E-state index is 4.51. The summed E-state index contributed by atoms with van der Waals surface area (Å²) in [6.07, 6.45) is 5.95. The van der Waals surface area contributed by atoms with Gasteiger partial charge in [-0.3, -0.25) is 9.67 Å². The first kappa shape index (κ1) is 14.7. The van der Waals surface area contributed by atoms with E-state index in [-0.39, 0.29) is 0 Å². The third kappa shape index (κ3) is 3.90. The van der Waals surface area contributed by atoms with Crippen LogP contribution in [0.5, 0.6) is 0 Å². The second kappa shape index (κ2) is 7.20. The van der Waals surface area contributed by atoms with Crippen LogP contribution in [0, 0.1) is 0 Å². The predicted molar refractivity (Wildman–Crippen MR) is 81.7 cm³/mol. The molecule has 0 aliphatic carbocycles. The van der Waals surface area contributed by atoms with Crippen LogP contribution in [0.15, 0.2) is 30.5 Å². The van der Waals surface area contributed by atoms with Gasteiger partial charge in [-0.2, -0.15) is 5.10 Å². The van der Waals surface area contributed by atoms with Crippen LogP contribution in [0.1, 0.15) is 30.4 Å². The molecule has 108 valence electrons. The summed E-state index contributed by atoms with van der Waals surface area (Å²) >= 11 is 0. The normalized spacial score (nSPS) is 12.6. The van der Waals surface area contributed by atoms with Gasteiger partial charge in [0.1, 0.15) is 0 Å².